The van der Waals surface area contributed by atoms with Crippen LogP contribution in [0.5, 0.6) is 11.5 Å². The van der Waals surface area contributed by atoms with Crippen molar-refractivity contribution < 1.29 is 29.3 Å². The number of esters is 2. The molecule has 3 aliphatic rings. The predicted molar refractivity (Wildman–Crippen MR) is 125 cm³/mol. The summed E-state index contributed by atoms with van der Waals surface area (Å²) in [7, 11) is 0. The number of phenolic OH excluding ortho intramolecular Hbond substituents is 2. The second-order valence-electron chi connectivity index (χ2n) is 9.97. The van der Waals surface area contributed by atoms with Crippen molar-refractivity contribution in [3.05, 3.63) is 59.7 Å². The summed E-state index contributed by atoms with van der Waals surface area (Å²) in [6, 6.07) is 13.4. The predicted octanol–water partition coefficient (Wildman–Crippen LogP) is 5.18. The molecule has 2 N–H and O–H groups in total. The lowest BCUT2D eigenvalue weighted by Crippen LogP contribution is -2.52. The molecule has 0 heterocycles. The SMILES string of the molecule is O=C(OC1CCCC1)C1C(c2ccc(O)cc2)C(C(=O)OC2CCCC2)C1c1ccc(O)cc1. The number of hydrogen-bond donors (Lipinski definition) is 2. The Bertz CT molecular complexity index is 911. The third kappa shape index (κ3) is 4.50. The molecule has 3 aliphatic carbocycles. The first-order chi connectivity index (χ1) is 16.5. The Morgan fingerprint density at radius 1 is 0.588 bits per heavy atom. The Morgan fingerprint density at radius 3 is 1.24 bits per heavy atom. The van der Waals surface area contributed by atoms with Gasteiger partial charge in [-0.25, -0.2) is 0 Å². The van der Waals surface area contributed by atoms with Gasteiger partial charge in [0.1, 0.15) is 23.7 Å². The molecule has 180 valence electrons. The first kappa shape index (κ1) is 22.8. The summed E-state index contributed by atoms with van der Waals surface area (Å²) < 4.78 is 11.9. The number of rotatable bonds is 6. The Hall–Kier alpha value is -3.02. The fourth-order valence-corrected chi connectivity index (χ4v) is 6.05. The molecule has 5 rings (SSSR count). The first-order valence-electron chi connectivity index (χ1n) is 12.5. The van der Waals surface area contributed by atoms with E-state index in [9.17, 15) is 19.8 Å². The molecular formula is C28H32O6. The summed E-state index contributed by atoms with van der Waals surface area (Å²) >= 11 is 0. The van der Waals surface area contributed by atoms with E-state index in [1.165, 1.54) is 0 Å². The van der Waals surface area contributed by atoms with Gasteiger partial charge in [0.15, 0.2) is 0 Å². The zero-order valence-corrected chi connectivity index (χ0v) is 19.3. The summed E-state index contributed by atoms with van der Waals surface area (Å²) in [5.74, 6) is -2.20. The molecule has 0 unspecified atom stereocenters. The Balaban J connectivity index is 1.50. The highest BCUT2D eigenvalue weighted by Gasteiger charge is 2.60. The van der Waals surface area contributed by atoms with E-state index in [4.69, 9.17) is 9.47 Å². The van der Waals surface area contributed by atoms with E-state index in [0.717, 1.165) is 62.5 Å². The molecule has 0 radical (unpaired) electrons. The smallest absolute Gasteiger partial charge is 0.310 e. The highest BCUT2D eigenvalue weighted by molar-refractivity contribution is 5.85. The number of ether oxygens (including phenoxy) is 2. The summed E-state index contributed by atoms with van der Waals surface area (Å²) in [6.07, 6.45) is 7.58. The molecule has 3 fully saturated rings. The monoisotopic (exact) mass is 464 g/mol. The maximum atomic E-state index is 13.5. The van der Waals surface area contributed by atoms with Gasteiger partial charge in [-0.05, 0) is 86.8 Å². The van der Waals surface area contributed by atoms with Crippen molar-refractivity contribution in [1.29, 1.82) is 0 Å². The van der Waals surface area contributed by atoms with Crippen LogP contribution >= 0.6 is 0 Å². The fourth-order valence-electron chi connectivity index (χ4n) is 6.05. The maximum absolute atomic E-state index is 13.5. The van der Waals surface area contributed by atoms with E-state index in [0.29, 0.717) is 0 Å². The van der Waals surface area contributed by atoms with Crippen LogP contribution in [0.2, 0.25) is 0 Å². The molecule has 0 spiro atoms. The van der Waals surface area contributed by atoms with Gasteiger partial charge in [-0.2, -0.15) is 0 Å². The van der Waals surface area contributed by atoms with Gasteiger partial charge < -0.3 is 19.7 Å². The second-order valence-corrected chi connectivity index (χ2v) is 9.97. The molecule has 0 amide bonds. The second kappa shape index (κ2) is 9.69. The van der Waals surface area contributed by atoms with E-state index in [-0.39, 0.29) is 35.6 Å². The summed E-state index contributed by atoms with van der Waals surface area (Å²) in [5, 5.41) is 19.6. The Labute approximate surface area is 199 Å². The summed E-state index contributed by atoms with van der Waals surface area (Å²) in [5.41, 5.74) is 1.63. The fraction of sp³-hybridized carbons (Fsp3) is 0.500. The minimum Gasteiger partial charge on any atom is -0.508 e. The van der Waals surface area contributed by atoms with Crippen LogP contribution in [0.4, 0.5) is 0 Å². The van der Waals surface area contributed by atoms with Gasteiger partial charge >= 0.3 is 11.9 Å². The number of benzene rings is 2. The normalized spacial score (nSPS) is 27.3. The molecule has 6 heteroatoms. The minimum atomic E-state index is -0.546. The van der Waals surface area contributed by atoms with Gasteiger partial charge in [0.05, 0.1) is 11.8 Å². The Kier molecular flexibility index (Phi) is 6.48. The maximum Gasteiger partial charge on any atom is 0.310 e. The van der Waals surface area contributed by atoms with Crippen molar-refractivity contribution in [2.75, 3.05) is 0 Å². The van der Waals surface area contributed by atoms with Crippen LogP contribution in [-0.4, -0.2) is 34.4 Å². The van der Waals surface area contributed by atoms with Crippen LogP contribution in [0.25, 0.3) is 0 Å². The highest BCUT2D eigenvalue weighted by atomic mass is 16.6. The van der Waals surface area contributed by atoms with Crippen molar-refractivity contribution in [2.24, 2.45) is 11.8 Å². The lowest BCUT2D eigenvalue weighted by molar-refractivity contribution is -0.173. The molecule has 2 aromatic rings. The minimum absolute atomic E-state index is 0.0714. The van der Waals surface area contributed by atoms with Gasteiger partial charge in [-0.3, -0.25) is 9.59 Å². The van der Waals surface area contributed by atoms with Crippen LogP contribution in [0.1, 0.15) is 74.3 Å². The molecular weight excluding hydrogens is 432 g/mol. The summed E-state index contributed by atoms with van der Waals surface area (Å²) in [4.78, 5) is 27.0. The van der Waals surface area contributed by atoms with Crippen LogP contribution < -0.4 is 0 Å². The van der Waals surface area contributed by atoms with Gasteiger partial charge in [0.25, 0.3) is 0 Å². The molecule has 0 aliphatic heterocycles. The van der Waals surface area contributed by atoms with Crippen molar-refractivity contribution in [3.63, 3.8) is 0 Å². The molecule has 2 aromatic carbocycles. The quantitative estimate of drug-likeness (QED) is 0.572. The first-order valence-corrected chi connectivity index (χ1v) is 12.5. The van der Waals surface area contributed by atoms with Crippen LogP contribution in [-0.2, 0) is 19.1 Å². The van der Waals surface area contributed by atoms with Crippen molar-refractivity contribution in [2.45, 2.75) is 75.4 Å². The molecule has 0 aromatic heterocycles. The van der Waals surface area contributed by atoms with Crippen molar-refractivity contribution >= 4 is 11.9 Å². The lowest BCUT2D eigenvalue weighted by atomic mass is 9.52. The van der Waals surface area contributed by atoms with E-state index in [1.54, 1.807) is 48.5 Å². The molecule has 3 saturated carbocycles. The van der Waals surface area contributed by atoms with Crippen LogP contribution in [0, 0.1) is 11.8 Å². The van der Waals surface area contributed by atoms with E-state index in [1.807, 2.05) is 0 Å². The van der Waals surface area contributed by atoms with Gasteiger partial charge in [0, 0.05) is 11.8 Å². The van der Waals surface area contributed by atoms with Crippen molar-refractivity contribution in [1.82, 2.24) is 0 Å². The standard InChI is InChI=1S/C28H32O6/c29-19-13-9-17(10-14-19)23-25(27(31)33-21-5-1-2-6-21)24(18-11-15-20(30)16-12-18)26(23)28(32)34-22-7-3-4-8-22/h9-16,21-26,29-30H,1-8H2. The Morgan fingerprint density at radius 2 is 0.912 bits per heavy atom. The zero-order valence-electron chi connectivity index (χ0n) is 19.3. The topological polar surface area (TPSA) is 93.1 Å². The van der Waals surface area contributed by atoms with E-state index in [2.05, 4.69) is 0 Å². The lowest BCUT2D eigenvalue weighted by Gasteiger charge is -2.50. The molecule has 0 bridgehead atoms. The number of phenols is 2. The summed E-state index contributed by atoms with van der Waals surface area (Å²) in [6.45, 7) is 0. The third-order valence-corrected chi connectivity index (χ3v) is 7.82. The average Bonchev–Trinajstić information content (AvgIpc) is 3.50. The largest absolute Gasteiger partial charge is 0.508 e. The number of carbonyl (C=O) groups is 2. The number of carbonyl (C=O) groups excluding carboxylic acids is 2. The zero-order chi connectivity index (χ0) is 23.7. The van der Waals surface area contributed by atoms with Crippen LogP contribution in [0.15, 0.2) is 48.5 Å². The molecule has 0 atom stereocenters. The molecule has 0 saturated heterocycles. The van der Waals surface area contributed by atoms with Gasteiger partial charge in [-0.15, -0.1) is 0 Å². The molecule has 6 nitrogen and oxygen atoms in total. The van der Waals surface area contributed by atoms with Crippen molar-refractivity contribution in [3.8, 4) is 11.5 Å². The average molecular weight is 465 g/mol. The van der Waals surface area contributed by atoms with Crippen LogP contribution in [0.3, 0.4) is 0 Å². The van der Waals surface area contributed by atoms with Gasteiger partial charge in [0.2, 0.25) is 0 Å². The number of aromatic hydroxyl groups is 2. The highest BCUT2D eigenvalue weighted by Crippen LogP contribution is 2.59. The van der Waals surface area contributed by atoms with Gasteiger partial charge in [-0.1, -0.05) is 24.3 Å². The molecule has 34 heavy (non-hydrogen) atoms. The van der Waals surface area contributed by atoms with E-state index >= 15 is 0 Å². The third-order valence-electron chi connectivity index (χ3n) is 7.82. The number of hydrogen-bond acceptors (Lipinski definition) is 6. The van der Waals surface area contributed by atoms with E-state index < -0.39 is 23.7 Å².